The minimum absolute atomic E-state index is 0.935. The summed E-state index contributed by atoms with van der Waals surface area (Å²) in [6.07, 6.45) is 3.76. The maximum atomic E-state index is 4.17. The van der Waals surface area contributed by atoms with Crippen molar-refractivity contribution in [2.45, 2.75) is 13.5 Å². The van der Waals surface area contributed by atoms with Gasteiger partial charge in [-0.15, -0.1) is 11.3 Å². The molecule has 2 aromatic heterocycles. The number of thiophene rings is 1. The molecular formula is C12H14N2S. The molecule has 0 aliphatic rings. The minimum atomic E-state index is 0.935. The predicted octanol–water partition coefficient (Wildman–Crippen LogP) is 2.84. The smallest absolute Gasteiger partial charge is 0.0349 e. The van der Waals surface area contributed by atoms with Crippen molar-refractivity contribution >= 4 is 11.3 Å². The highest BCUT2D eigenvalue weighted by molar-refractivity contribution is 7.10. The SMILES string of the molecule is CNCc1cc(-c2cnccc2C)cs1. The third-order valence-corrected chi connectivity index (χ3v) is 3.29. The predicted molar refractivity (Wildman–Crippen MR) is 65.1 cm³/mol. The second kappa shape index (κ2) is 4.55. The van der Waals surface area contributed by atoms with Crippen molar-refractivity contribution in [3.05, 3.63) is 40.3 Å². The van der Waals surface area contributed by atoms with Crippen molar-refractivity contribution in [2.75, 3.05) is 7.05 Å². The average molecular weight is 218 g/mol. The zero-order chi connectivity index (χ0) is 10.7. The fourth-order valence-electron chi connectivity index (χ4n) is 1.56. The van der Waals surface area contributed by atoms with E-state index < -0.39 is 0 Å². The number of nitrogens with one attached hydrogen (secondary N) is 1. The molecule has 15 heavy (non-hydrogen) atoms. The van der Waals surface area contributed by atoms with Gasteiger partial charge in [0.1, 0.15) is 0 Å². The molecule has 2 rings (SSSR count). The van der Waals surface area contributed by atoms with E-state index in [1.807, 2.05) is 25.5 Å². The Balaban J connectivity index is 2.33. The fraction of sp³-hybridized carbons (Fsp3) is 0.250. The monoisotopic (exact) mass is 218 g/mol. The van der Waals surface area contributed by atoms with E-state index in [1.165, 1.54) is 21.6 Å². The minimum Gasteiger partial charge on any atom is -0.315 e. The number of aryl methyl sites for hydroxylation is 1. The molecule has 0 aromatic carbocycles. The normalized spacial score (nSPS) is 10.5. The lowest BCUT2D eigenvalue weighted by molar-refractivity contribution is 0.831. The largest absolute Gasteiger partial charge is 0.315 e. The molecular weight excluding hydrogens is 204 g/mol. The van der Waals surface area contributed by atoms with Crippen LogP contribution in [0.1, 0.15) is 10.4 Å². The zero-order valence-corrected chi connectivity index (χ0v) is 9.77. The number of aromatic nitrogens is 1. The summed E-state index contributed by atoms with van der Waals surface area (Å²) < 4.78 is 0. The van der Waals surface area contributed by atoms with E-state index in [-0.39, 0.29) is 0 Å². The van der Waals surface area contributed by atoms with Crippen LogP contribution in [-0.2, 0) is 6.54 Å². The first kappa shape index (κ1) is 10.3. The Labute approximate surface area is 94.0 Å². The molecule has 2 nitrogen and oxygen atoms in total. The van der Waals surface area contributed by atoms with Gasteiger partial charge < -0.3 is 5.32 Å². The molecule has 0 aliphatic carbocycles. The molecule has 0 spiro atoms. The van der Waals surface area contributed by atoms with E-state index in [1.54, 1.807) is 11.3 Å². The Morgan fingerprint density at radius 1 is 1.47 bits per heavy atom. The molecule has 0 fully saturated rings. The summed E-state index contributed by atoms with van der Waals surface area (Å²) in [6, 6.07) is 4.27. The van der Waals surface area contributed by atoms with E-state index in [4.69, 9.17) is 0 Å². The molecule has 0 amide bonds. The molecule has 78 valence electrons. The molecule has 1 N–H and O–H groups in total. The van der Waals surface area contributed by atoms with E-state index in [0.717, 1.165) is 6.54 Å². The Morgan fingerprint density at radius 2 is 2.33 bits per heavy atom. The standard InChI is InChI=1S/C12H14N2S/c1-9-3-4-14-7-12(9)10-5-11(6-13-2)15-8-10/h3-5,7-8,13H,6H2,1-2H3. The number of nitrogens with zero attached hydrogens (tertiary/aromatic N) is 1. The molecule has 0 radical (unpaired) electrons. The first-order valence-corrected chi connectivity index (χ1v) is 5.82. The lowest BCUT2D eigenvalue weighted by Gasteiger charge is -2.00. The van der Waals surface area contributed by atoms with E-state index in [9.17, 15) is 0 Å². The van der Waals surface area contributed by atoms with Crippen LogP contribution in [0.2, 0.25) is 0 Å². The van der Waals surface area contributed by atoms with Crippen molar-refractivity contribution in [3.63, 3.8) is 0 Å². The number of rotatable bonds is 3. The first-order chi connectivity index (χ1) is 7.31. The van der Waals surface area contributed by atoms with Crippen molar-refractivity contribution < 1.29 is 0 Å². The Hall–Kier alpha value is -1.19. The molecule has 2 aromatic rings. The summed E-state index contributed by atoms with van der Waals surface area (Å²) in [5.41, 5.74) is 3.78. The van der Waals surface area contributed by atoms with Crippen LogP contribution in [0.4, 0.5) is 0 Å². The van der Waals surface area contributed by atoms with Gasteiger partial charge in [-0.25, -0.2) is 0 Å². The Bertz CT molecular complexity index is 448. The van der Waals surface area contributed by atoms with Crippen LogP contribution in [0, 0.1) is 6.92 Å². The van der Waals surface area contributed by atoms with Gasteiger partial charge in [-0.3, -0.25) is 4.98 Å². The second-order valence-corrected chi connectivity index (χ2v) is 4.52. The summed E-state index contributed by atoms with van der Waals surface area (Å²) in [5, 5.41) is 5.35. The fourth-order valence-corrected chi connectivity index (χ4v) is 2.45. The van der Waals surface area contributed by atoms with Gasteiger partial charge in [0.15, 0.2) is 0 Å². The highest BCUT2D eigenvalue weighted by Crippen LogP contribution is 2.27. The third kappa shape index (κ3) is 2.25. The molecule has 0 saturated heterocycles. The highest BCUT2D eigenvalue weighted by atomic mass is 32.1. The van der Waals surface area contributed by atoms with E-state index in [2.05, 4.69) is 28.7 Å². The van der Waals surface area contributed by atoms with Crippen LogP contribution in [0.15, 0.2) is 29.9 Å². The maximum absolute atomic E-state index is 4.17. The number of hydrogen-bond acceptors (Lipinski definition) is 3. The summed E-state index contributed by atoms with van der Waals surface area (Å²) in [6.45, 7) is 3.05. The summed E-state index contributed by atoms with van der Waals surface area (Å²) in [7, 11) is 1.97. The lowest BCUT2D eigenvalue weighted by atomic mass is 10.1. The Kier molecular flexibility index (Phi) is 3.14. The van der Waals surface area contributed by atoms with Crippen molar-refractivity contribution in [2.24, 2.45) is 0 Å². The lowest BCUT2D eigenvalue weighted by Crippen LogP contribution is -2.02. The van der Waals surface area contributed by atoms with Crippen LogP contribution < -0.4 is 5.32 Å². The molecule has 0 atom stereocenters. The van der Waals surface area contributed by atoms with Gasteiger partial charge in [0.05, 0.1) is 0 Å². The zero-order valence-electron chi connectivity index (χ0n) is 8.95. The van der Waals surface area contributed by atoms with Gasteiger partial charge in [-0.05, 0) is 42.6 Å². The first-order valence-electron chi connectivity index (χ1n) is 4.94. The van der Waals surface area contributed by atoms with Gasteiger partial charge in [-0.1, -0.05) is 0 Å². The van der Waals surface area contributed by atoms with Crippen molar-refractivity contribution in [1.29, 1.82) is 0 Å². The average Bonchev–Trinajstić information content (AvgIpc) is 2.68. The third-order valence-electron chi connectivity index (χ3n) is 2.35. The summed E-state index contributed by atoms with van der Waals surface area (Å²) in [5.74, 6) is 0. The highest BCUT2D eigenvalue weighted by Gasteiger charge is 2.04. The number of pyridine rings is 1. The van der Waals surface area contributed by atoms with Gasteiger partial charge in [0.25, 0.3) is 0 Å². The molecule has 0 aliphatic heterocycles. The molecule has 0 unspecified atom stereocenters. The molecule has 0 saturated carbocycles. The van der Waals surface area contributed by atoms with E-state index >= 15 is 0 Å². The van der Waals surface area contributed by atoms with Gasteiger partial charge in [0, 0.05) is 29.4 Å². The molecule has 3 heteroatoms. The second-order valence-electron chi connectivity index (χ2n) is 3.52. The quantitative estimate of drug-likeness (QED) is 0.857. The molecule has 2 heterocycles. The van der Waals surface area contributed by atoms with Crippen LogP contribution >= 0.6 is 11.3 Å². The van der Waals surface area contributed by atoms with Crippen LogP contribution in [0.25, 0.3) is 11.1 Å². The van der Waals surface area contributed by atoms with Crippen molar-refractivity contribution in [1.82, 2.24) is 10.3 Å². The summed E-state index contributed by atoms with van der Waals surface area (Å²) >= 11 is 1.79. The van der Waals surface area contributed by atoms with Crippen LogP contribution in [0.3, 0.4) is 0 Å². The van der Waals surface area contributed by atoms with Gasteiger partial charge in [-0.2, -0.15) is 0 Å². The maximum Gasteiger partial charge on any atom is 0.0349 e. The van der Waals surface area contributed by atoms with E-state index in [0.29, 0.717) is 0 Å². The topological polar surface area (TPSA) is 24.9 Å². The molecule has 0 bridgehead atoms. The number of hydrogen-bond donors (Lipinski definition) is 1. The Morgan fingerprint density at radius 3 is 3.07 bits per heavy atom. The van der Waals surface area contributed by atoms with Crippen molar-refractivity contribution in [3.8, 4) is 11.1 Å². The van der Waals surface area contributed by atoms with Crippen LogP contribution in [0.5, 0.6) is 0 Å². The van der Waals surface area contributed by atoms with Gasteiger partial charge >= 0.3 is 0 Å². The van der Waals surface area contributed by atoms with Gasteiger partial charge in [0.2, 0.25) is 0 Å². The summed E-state index contributed by atoms with van der Waals surface area (Å²) in [4.78, 5) is 5.52. The van der Waals surface area contributed by atoms with Crippen LogP contribution in [-0.4, -0.2) is 12.0 Å².